The van der Waals surface area contributed by atoms with Crippen LogP contribution in [0, 0.1) is 5.41 Å². The van der Waals surface area contributed by atoms with E-state index in [4.69, 9.17) is 0 Å². The van der Waals surface area contributed by atoms with Gasteiger partial charge in [-0.1, -0.05) is 20.8 Å². The van der Waals surface area contributed by atoms with Crippen molar-refractivity contribution >= 4 is 12.6 Å². The summed E-state index contributed by atoms with van der Waals surface area (Å²) in [6.07, 6.45) is 0. The van der Waals surface area contributed by atoms with Gasteiger partial charge in [-0.05, 0) is 19.3 Å². The van der Waals surface area contributed by atoms with Crippen molar-refractivity contribution in [2.24, 2.45) is 5.41 Å². The van der Waals surface area contributed by atoms with E-state index >= 15 is 0 Å². The van der Waals surface area contributed by atoms with E-state index in [1.165, 1.54) is 32.7 Å². The highest BCUT2D eigenvalue weighted by molar-refractivity contribution is 7.81. The maximum absolute atomic E-state index is 4.60. The van der Waals surface area contributed by atoms with Crippen LogP contribution in [0.4, 0.5) is 0 Å². The number of hydrogen-bond acceptors (Lipinski definition) is 3. The van der Waals surface area contributed by atoms with Gasteiger partial charge in [0.1, 0.15) is 0 Å². The fourth-order valence-corrected chi connectivity index (χ4v) is 2.52. The van der Waals surface area contributed by atoms with Gasteiger partial charge in [0.25, 0.3) is 0 Å². The molecular weight excluding hydrogens is 216 g/mol. The molecule has 0 aromatic heterocycles. The lowest BCUT2D eigenvalue weighted by molar-refractivity contribution is 0.0984. The Kier molecular flexibility index (Phi) is 4.73. The first-order valence-corrected chi connectivity index (χ1v) is 6.78. The molecular formula is C13H28N2S. The van der Waals surface area contributed by atoms with E-state index < -0.39 is 0 Å². The topological polar surface area (TPSA) is 6.48 Å². The highest BCUT2D eigenvalue weighted by atomic mass is 32.1. The van der Waals surface area contributed by atoms with Crippen molar-refractivity contribution in [1.29, 1.82) is 0 Å². The molecule has 0 radical (unpaired) electrons. The summed E-state index contributed by atoms with van der Waals surface area (Å²) in [4.78, 5) is 5.12. The molecule has 96 valence electrons. The van der Waals surface area contributed by atoms with E-state index in [0.717, 1.165) is 6.54 Å². The van der Waals surface area contributed by atoms with Gasteiger partial charge in [0.15, 0.2) is 0 Å². The van der Waals surface area contributed by atoms with Crippen LogP contribution in [0.3, 0.4) is 0 Å². The molecule has 1 aliphatic rings. The first kappa shape index (κ1) is 14.3. The van der Waals surface area contributed by atoms with Crippen LogP contribution in [0.2, 0.25) is 0 Å². The van der Waals surface area contributed by atoms with Gasteiger partial charge in [0.2, 0.25) is 0 Å². The van der Waals surface area contributed by atoms with Gasteiger partial charge in [0, 0.05) is 44.0 Å². The fourth-order valence-electron chi connectivity index (χ4n) is 2.32. The second-order valence-electron chi connectivity index (χ2n) is 6.93. The lowest BCUT2D eigenvalue weighted by atomic mass is 9.96. The summed E-state index contributed by atoms with van der Waals surface area (Å²) in [5, 5.41) is 0. The number of nitrogens with zero attached hydrogens (tertiary/aromatic N) is 2. The molecule has 1 fully saturated rings. The fraction of sp³-hybridized carbons (Fsp3) is 1.00. The third-order valence-corrected chi connectivity index (χ3v) is 2.91. The van der Waals surface area contributed by atoms with Crippen LogP contribution in [-0.2, 0) is 0 Å². The molecule has 0 saturated carbocycles. The van der Waals surface area contributed by atoms with Crippen LogP contribution in [0.15, 0.2) is 0 Å². The molecule has 0 N–H and O–H groups in total. The zero-order chi connectivity index (χ0) is 12.4. The predicted molar refractivity (Wildman–Crippen MR) is 75.4 cm³/mol. The van der Waals surface area contributed by atoms with Gasteiger partial charge >= 0.3 is 0 Å². The molecule has 0 aromatic carbocycles. The van der Waals surface area contributed by atoms with Crippen molar-refractivity contribution in [2.75, 3.05) is 39.3 Å². The Bertz CT molecular complexity index is 183. The average molecular weight is 244 g/mol. The Balaban J connectivity index is 2.29. The zero-order valence-electron chi connectivity index (χ0n) is 11.6. The van der Waals surface area contributed by atoms with Crippen molar-refractivity contribution in [2.45, 2.75) is 39.4 Å². The Morgan fingerprint density at radius 2 is 1.19 bits per heavy atom. The smallest absolute Gasteiger partial charge is 0.0200 e. The molecule has 1 heterocycles. The summed E-state index contributed by atoms with van der Waals surface area (Å²) in [6.45, 7) is 18.4. The number of rotatable bonds is 3. The SMILES string of the molecule is CC(C)(C)CN1CCN(CC(C)(C)S)CC1. The van der Waals surface area contributed by atoms with Gasteiger partial charge in [-0.3, -0.25) is 4.90 Å². The van der Waals surface area contributed by atoms with Crippen molar-refractivity contribution in [3.63, 3.8) is 0 Å². The Labute approximate surface area is 107 Å². The largest absolute Gasteiger partial charge is 0.300 e. The minimum atomic E-state index is 0.131. The van der Waals surface area contributed by atoms with Gasteiger partial charge in [-0.15, -0.1) is 0 Å². The minimum absolute atomic E-state index is 0.131. The highest BCUT2D eigenvalue weighted by Crippen LogP contribution is 2.18. The average Bonchev–Trinajstić information content (AvgIpc) is 2.03. The van der Waals surface area contributed by atoms with Gasteiger partial charge in [-0.25, -0.2) is 0 Å². The molecule has 0 amide bonds. The lowest BCUT2D eigenvalue weighted by Gasteiger charge is -2.39. The molecule has 0 atom stereocenters. The van der Waals surface area contributed by atoms with Gasteiger partial charge in [0.05, 0.1) is 0 Å². The standard InChI is InChI=1S/C13H28N2S/c1-12(2,3)10-14-6-8-15(9-7-14)11-13(4,5)16/h16H,6-11H2,1-5H3. The Hall–Kier alpha value is 0.270. The van der Waals surface area contributed by atoms with E-state index in [-0.39, 0.29) is 4.75 Å². The van der Waals surface area contributed by atoms with Crippen LogP contribution in [0.5, 0.6) is 0 Å². The van der Waals surface area contributed by atoms with E-state index in [2.05, 4.69) is 57.0 Å². The molecule has 3 heteroatoms. The normalized spacial score (nSPS) is 21.4. The summed E-state index contributed by atoms with van der Waals surface area (Å²) in [5.41, 5.74) is 0.422. The summed E-state index contributed by atoms with van der Waals surface area (Å²) in [7, 11) is 0. The summed E-state index contributed by atoms with van der Waals surface area (Å²) >= 11 is 4.60. The van der Waals surface area contributed by atoms with Crippen LogP contribution in [0.25, 0.3) is 0 Å². The summed E-state index contributed by atoms with van der Waals surface area (Å²) < 4.78 is 0.131. The predicted octanol–water partition coefficient (Wildman–Crippen LogP) is 2.36. The maximum atomic E-state index is 4.60. The first-order chi connectivity index (χ1) is 7.16. The van der Waals surface area contributed by atoms with Crippen molar-refractivity contribution in [3.05, 3.63) is 0 Å². The van der Waals surface area contributed by atoms with Crippen LogP contribution in [-0.4, -0.2) is 53.8 Å². The number of piperazine rings is 1. The molecule has 1 saturated heterocycles. The molecule has 0 aromatic rings. The number of thiol groups is 1. The molecule has 1 rings (SSSR count). The Morgan fingerprint density at radius 3 is 1.50 bits per heavy atom. The minimum Gasteiger partial charge on any atom is -0.300 e. The van der Waals surface area contributed by atoms with Crippen molar-refractivity contribution in [3.8, 4) is 0 Å². The van der Waals surface area contributed by atoms with Crippen LogP contribution >= 0.6 is 12.6 Å². The number of hydrogen-bond donors (Lipinski definition) is 1. The second kappa shape index (κ2) is 5.28. The van der Waals surface area contributed by atoms with E-state index in [0.29, 0.717) is 5.41 Å². The lowest BCUT2D eigenvalue weighted by Crippen LogP contribution is -2.51. The maximum Gasteiger partial charge on any atom is 0.0200 e. The van der Waals surface area contributed by atoms with Gasteiger partial charge < -0.3 is 4.90 Å². The monoisotopic (exact) mass is 244 g/mol. The third kappa shape index (κ3) is 6.12. The van der Waals surface area contributed by atoms with E-state index in [1.54, 1.807) is 0 Å². The molecule has 1 aliphatic heterocycles. The molecule has 16 heavy (non-hydrogen) atoms. The van der Waals surface area contributed by atoms with Crippen LogP contribution < -0.4 is 0 Å². The molecule has 2 nitrogen and oxygen atoms in total. The molecule has 0 bridgehead atoms. The third-order valence-electron chi connectivity index (χ3n) is 2.77. The quantitative estimate of drug-likeness (QED) is 0.762. The summed E-state index contributed by atoms with van der Waals surface area (Å²) in [6, 6.07) is 0. The second-order valence-corrected chi connectivity index (χ2v) is 8.14. The van der Waals surface area contributed by atoms with E-state index in [9.17, 15) is 0 Å². The van der Waals surface area contributed by atoms with Crippen LogP contribution in [0.1, 0.15) is 34.6 Å². The molecule has 0 spiro atoms. The van der Waals surface area contributed by atoms with Crippen molar-refractivity contribution in [1.82, 2.24) is 9.80 Å². The van der Waals surface area contributed by atoms with Crippen molar-refractivity contribution < 1.29 is 0 Å². The highest BCUT2D eigenvalue weighted by Gasteiger charge is 2.24. The molecule has 0 unspecified atom stereocenters. The first-order valence-electron chi connectivity index (χ1n) is 6.33. The van der Waals surface area contributed by atoms with E-state index in [1.807, 2.05) is 0 Å². The zero-order valence-corrected chi connectivity index (χ0v) is 12.5. The summed E-state index contributed by atoms with van der Waals surface area (Å²) in [5.74, 6) is 0. The Morgan fingerprint density at radius 1 is 0.812 bits per heavy atom. The molecule has 0 aliphatic carbocycles. The van der Waals surface area contributed by atoms with Gasteiger partial charge in [-0.2, -0.15) is 12.6 Å².